The summed E-state index contributed by atoms with van der Waals surface area (Å²) >= 11 is 7.43. The molecule has 2 heterocycles. The summed E-state index contributed by atoms with van der Waals surface area (Å²) < 4.78 is 26.4. The fourth-order valence-electron chi connectivity index (χ4n) is 2.68. The molecular weight excluding hydrogens is 380 g/mol. The van der Waals surface area contributed by atoms with Gasteiger partial charge < -0.3 is 5.11 Å². The number of pyridine rings is 1. The lowest BCUT2D eigenvalue weighted by Crippen LogP contribution is -2.27. The summed E-state index contributed by atoms with van der Waals surface area (Å²) in [5.74, 6) is 0.384. The standard InChI is InChI=1S/C17H19ClN2O3S2/c18-15-6-2-1-5-14(15)16(21)12-24-17-8-7-13(11-19-17)25(22,23)20-9-3-4-10-20/h1-2,5-8,11,16,21H,3-4,9-10,12H2/t16-/m0/s1. The fraction of sp³-hybridized carbons (Fsp3) is 0.353. The van der Waals surface area contributed by atoms with Crippen LogP contribution in [0.4, 0.5) is 0 Å². The third-order valence-electron chi connectivity index (χ3n) is 4.07. The maximum Gasteiger partial charge on any atom is 0.244 e. The van der Waals surface area contributed by atoms with E-state index in [9.17, 15) is 13.5 Å². The lowest BCUT2D eigenvalue weighted by atomic mass is 10.1. The monoisotopic (exact) mass is 398 g/mol. The summed E-state index contributed by atoms with van der Waals surface area (Å²) in [6, 6.07) is 10.4. The van der Waals surface area contributed by atoms with E-state index in [1.807, 2.05) is 12.1 Å². The summed E-state index contributed by atoms with van der Waals surface area (Å²) in [7, 11) is -3.44. The van der Waals surface area contributed by atoms with Crippen molar-refractivity contribution < 1.29 is 13.5 Å². The van der Waals surface area contributed by atoms with Gasteiger partial charge in [0.15, 0.2) is 0 Å². The first-order valence-corrected chi connectivity index (χ1v) is 10.8. The minimum absolute atomic E-state index is 0.213. The van der Waals surface area contributed by atoms with E-state index in [2.05, 4.69) is 4.98 Å². The Morgan fingerprint density at radius 1 is 1.20 bits per heavy atom. The summed E-state index contributed by atoms with van der Waals surface area (Å²) in [4.78, 5) is 4.43. The van der Waals surface area contributed by atoms with Crippen LogP contribution in [-0.2, 0) is 10.0 Å². The number of hydrogen-bond acceptors (Lipinski definition) is 5. The third-order valence-corrected chi connectivity index (χ3v) is 7.31. The third kappa shape index (κ3) is 4.35. The zero-order valence-corrected chi connectivity index (χ0v) is 15.9. The molecule has 0 amide bonds. The molecule has 1 saturated heterocycles. The van der Waals surface area contributed by atoms with Crippen molar-refractivity contribution in [2.24, 2.45) is 0 Å². The molecule has 0 aliphatic carbocycles. The van der Waals surface area contributed by atoms with Crippen LogP contribution in [-0.4, -0.2) is 41.7 Å². The Morgan fingerprint density at radius 2 is 1.92 bits per heavy atom. The highest BCUT2D eigenvalue weighted by Gasteiger charge is 2.27. The molecule has 1 aliphatic rings. The zero-order valence-electron chi connectivity index (χ0n) is 13.5. The van der Waals surface area contributed by atoms with Crippen LogP contribution in [0.1, 0.15) is 24.5 Å². The number of aliphatic hydroxyl groups is 1. The summed E-state index contributed by atoms with van der Waals surface area (Å²) in [5.41, 5.74) is 0.671. The van der Waals surface area contributed by atoms with Gasteiger partial charge in [0.2, 0.25) is 10.0 Å². The molecule has 1 aliphatic heterocycles. The van der Waals surface area contributed by atoms with Gasteiger partial charge in [0, 0.05) is 30.1 Å². The Kier molecular flexibility index (Phi) is 6.01. The average molecular weight is 399 g/mol. The van der Waals surface area contributed by atoms with Crippen LogP contribution < -0.4 is 0 Å². The van der Waals surface area contributed by atoms with Crippen LogP contribution in [0.2, 0.25) is 5.02 Å². The van der Waals surface area contributed by atoms with E-state index < -0.39 is 16.1 Å². The lowest BCUT2D eigenvalue weighted by Gasteiger charge is -2.15. The number of halogens is 1. The van der Waals surface area contributed by atoms with Crippen molar-refractivity contribution in [3.8, 4) is 0 Å². The summed E-state index contributed by atoms with van der Waals surface area (Å²) in [5, 5.41) is 11.4. The molecule has 0 radical (unpaired) electrons. The molecule has 1 aromatic heterocycles. The smallest absolute Gasteiger partial charge is 0.244 e. The van der Waals surface area contributed by atoms with Gasteiger partial charge in [-0.3, -0.25) is 0 Å². The predicted octanol–water partition coefficient (Wildman–Crippen LogP) is 3.35. The number of aliphatic hydroxyl groups excluding tert-OH is 1. The second kappa shape index (κ2) is 8.05. The molecule has 0 spiro atoms. The van der Waals surface area contributed by atoms with Crippen molar-refractivity contribution in [3.63, 3.8) is 0 Å². The highest BCUT2D eigenvalue weighted by Crippen LogP contribution is 2.28. The van der Waals surface area contributed by atoms with Crippen LogP contribution in [0.15, 0.2) is 52.5 Å². The Balaban J connectivity index is 1.64. The number of rotatable bonds is 6. The second-order valence-electron chi connectivity index (χ2n) is 5.79. The Hall–Kier alpha value is -1.12. The Labute approximate surface area is 157 Å². The first-order chi connectivity index (χ1) is 12.0. The normalized spacial score (nSPS) is 16.9. The van der Waals surface area contributed by atoms with Gasteiger partial charge in [-0.2, -0.15) is 4.31 Å². The van der Waals surface area contributed by atoms with E-state index in [1.165, 1.54) is 22.3 Å². The van der Waals surface area contributed by atoms with Crippen LogP contribution in [0, 0.1) is 0 Å². The Morgan fingerprint density at radius 3 is 2.56 bits per heavy atom. The van der Waals surface area contributed by atoms with E-state index >= 15 is 0 Å². The van der Waals surface area contributed by atoms with Crippen molar-refractivity contribution in [2.45, 2.75) is 28.9 Å². The molecule has 5 nitrogen and oxygen atoms in total. The number of benzene rings is 1. The first-order valence-electron chi connectivity index (χ1n) is 8.00. The highest BCUT2D eigenvalue weighted by atomic mass is 35.5. The number of sulfonamides is 1. The minimum Gasteiger partial charge on any atom is -0.387 e. The molecule has 0 bridgehead atoms. The number of aromatic nitrogens is 1. The largest absolute Gasteiger partial charge is 0.387 e. The first kappa shape index (κ1) is 18.7. The molecule has 0 unspecified atom stereocenters. The summed E-state index contributed by atoms with van der Waals surface area (Å²) in [6.07, 6.45) is 2.48. The van der Waals surface area contributed by atoms with E-state index in [1.54, 1.807) is 24.3 Å². The molecule has 8 heteroatoms. The molecule has 0 saturated carbocycles. The fourth-order valence-corrected chi connectivity index (χ4v) is 5.21. The van der Waals surface area contributed by atoms with Gasteiger partial charge in [-0.05, 0) is 36.6 Å². The minimum atomic E-state index is -3.44. The van der Waals surface area contributed by atoms with Gasteiger partial charge in [-0.25, -0.2) is 13.4 Å². The predicted molar refractivity (Wildman–Crippen MR) is 99.4 cm³/mol. The molecule has 3 rings (SSSR count). The highest BCUT2D eigenvalue weighted by molar-refractivity contribution is 7.99. The van der Waals surface area contributed by atoms with Gasteiger partial charge in [0.05, 0.1) is 11.1 Å². The number of hydrogen-bond donors (Lipinski definition) is 1. The topological polar surface area (TPSA) is 70.5 Å². The van der Waals surface area contributed by atoms with E-state index in [-0.39, 0.29) is 4.90 Å². The van der Waals surface area contributed by atoms with Gasteiger partial charge in [0.1, 0.15) is 4.90 Å². The molecule has 25 heavy (non-hydrogen) atoms. The Bertz CT molecular complexity index is 822. The van der Waals surface area contributed by atoms with E-state index in [4.69, 9.17) is 11.6 Å². The number of nitrogens with zero attached hydrogens (tertiary/aromatic N) is 2. The van der Waals surface area contributed by atoms with Crippen LogP contribution in [0.3, 0.4) is 0 Å². The number of thioether (sulfide) groups is 1. The molecule has 1 N–H and O–H groups in total. The van der Waals surface area contributed by atoms with Gasteiger partial charge in [0.25, 0.3) is 0 Å². The summed E-state index contributed by atoms with van der Waals surface area (Å²) in [6.45, 7) is 1.14. The molecule has 1 atom stereocenters. The lowest BCUT2D eigenvalue weighted by molar-refractivity contribution is 0.204. The quantitative estimate of drug-likeness (QED) is 0.755. The molecule has 134 valence electrons. The van der Waals surface area contributed by atoms with Crippen molar-refractivity contribution >= 4 is 33.4 Å². The van der Waals surface area contributed by atoms with Gasteiger partial charge >= 0.3 is 0 Å². The van der Waals surface area contributed by atoms with E-state index in [0.29, 0.717) is 34.5 Å². The SMILES string of the molecule is O=S(=O)(c1ccc(SC[C@H](O)c2ccccc2Cl)nc1)N1CCCC1. The second-order valence-corrected chi connectivity index (χ2v) is 9.18. The van der Waals surface area contributed by atoms with Crippen LogP contribution in [0.5, 0.6) is 0 Å². The van der Waals surface area contributed by atoms with E-state index in [0.717, 1.165) is 12.8 Å². The zero-order chi connectivity index (χ0) is 17.9. The molecular formula is C17H19ClN2O3S2. The van der Waals surface area contributed by atoms with Gasteiger partial charge in [-0.1, -0.05) is 29.8 Å². The molecule has 1 aromatic carbocycles. The van der Waals surface area contributed by atoms with Crippen LogP contribution >= 0.6 is 23.4 Å². The van der Waals surface area contributed by atoms with Crippen molar-refractivity contribution in [2.75, 3.05) is 18.8 Å². The molecule has 1 fully saturated rings. The van der Waals surface area contributed by atoms with Crippen molar-refractivity contribution in [1.82, 2.24) is 9.29 Å². The van der Waals surface area contributed by atoms with Gasteiger partial charge in [-0.15, -0.1) is 11.8 Å². The maximum atomic E-state index is 12.5. The van der Waals surface area contributed by atoms with Crippen molar-refractivity contribution in [3.05, 3.63) is 53.2 Å². The average Bonchev–Trinajstić information content (AvgIpc) is 3.16. The maximum absolute atomic E-state index is 12.5. The molecule has 2 aromatic rings. The van der Waals surface area contributed by atoms with Crippen LogP contribution in [0.25, 0.3) is 0 Å². The van der Waals surface area contributed by atoms with Crippen molar-refractivity contribution in [1.29, 1.82) is 0 Å².